The highest BCUT2D eigenvalue weighted by Gasteiger charge is 2.28. The summed E-state index contributed by atoms with van der Waals surface area (Å²) in [4.78, 5) is 7.82. The second kappa shape index (κ2) is 10.3. The highest BCUT2D eigenvalue weighted by Crippen LogP contribution is 2.25. The van der Waals surface area contributed by atoms with E-state index in [4.69, 9.17) is 11.6 Å². The van der Waals surface area contributed by atoms with Crippen LogP contribution in [0.3, 0.4) is 0 Å². The van der Waals surface area contributed by atoms with Gasteiger partial charge in [-0.25, -0.2) is 4.68 Å². The maximum atomic E-state index is 6.13. The Balaban J connectivity index is 1.26. The number of halogens is 1. The van der Waals surface area contributed by atoms with Crippen LogP contribution in [-0.2, 0) is 6.54 Å². The number of benzene rings is 1. The molecule has 1 aromatic carbocycles. The van der Waals surface area contributed by atoms with Crippen LogP contribution in [0.4, 0.5) is 0 Å². The van der Waals surface area contributed by atoms with Crippen LogP contribution in [0.25, 0.3) is 5.69 Å². The third kappa shape index (κ3) is 5.64. The van der Waals surface area contributed by atoms with E-state index in [2.05, 4.69) is 40.0 Å². The summed E-state index contributed by atoms with van der Waals surface area (Å²) in [5, 5.41) is 5.29. The van der Waals surface area contributed by atoms with Crippen LogP contribution in [0.1, 0.15) is 38.2 Å². The minimum absolute atomic E-state index is 0.742. The van der Waals surface area contributed by atoms with Crippen LogP contribution in [0.15, 0.2) is 36.7 Å². The van der Waals surface area contributed by atoms with Crippen LogP contribution >= 0.6 is 11.6 Å². The fourth-order valence-corrected chi connectivity index (χ4v) is 5.18. The van der Waals surface area contributed by atoms with Crippen molar-refractivity contribution in [1.29, 1.82) is 0 Å². The fourth-order valence-electron chi connectivity index (χ4n) is 4.99. The van der Waals surface area contributed by atoms with Crippen molar-refractivity contribution in [1.82, 2.24) is 24.5 Å². The minimum atomic E-state index is 0.742. The van der Waals surface area contributed by atoms with Gasteiger partial charge in [0.25, 0.3) is 0 Å². The van der Waals surface area contributed by atoms with Gasteiger partial charge in [-0.2, -0.15) is 5.10 Å². The number of likely N-dealkylation sites (tertiary alicyclic amines) is 2. The van der Waals surface area contributed by atoms with Crippen molar-refractivity contribution in [2.75, 3.05) is 46.3 Å². The van der Waals surface area contributed by atoms with Crippen LogP contribution in [0.5, 0.6) is 0 Å². The molecule has 0 bridgehead atoms. The molecule has 2 fully saturated rings. The van der Waals surface area contributed by atoms with E-state index < -0.39 is 0 Å². The topological polar surface area (TPSA) is 27.5 Å². The van der Waals surface area contributed by atoms with E-state index in [1.807, 2.05) is 35.1 Å². The molecule has 5 nitrogen and oxygen atoms in total. The number of aromatic nitrogens is 2. The average Bonchev–Trinajstić information content (AvgIpc) is 3.23. The molecule has 2 aliphatic rings. The van der Waals surface area contributed by atoms with Crippen molar-refractivity contribution in [3.8, 4) is 5.69 Å². The van der Waals surface area contributed by atoms with E-state index in [1.54, 1.807) is 0 Å². The van der Waals surface area contributed by atoms with Gasteiger partial charge in [-0.1, -0.05) is 24.6 Å². The SMILES string of the molecule is CCN(Cc1cnn(-c2cccc(Cl)c2)c1)CC1CCN(C2CCN(C)CC2)CC1. The standard InChI is InChI=1S/C24H36ClN5/c1-3-28(18-21-16-26-30(19-21)24-6-4-5-22(25)15-24)17-20-7-13-29(14-8-20)23-9-11-27(2)12-10-23/h4-6,15-16,19-20,23H,3,7-14,17-18H2,1-2H3. The molecular formula is C24H36ClN5. The number of rotatable bonds is 7. The van der Waals surface area contributed by atoms with Gasteiger partial charge in [-0.05, 0) is 89.6 Å². The molecule has 0 unspecified atom stereocenters. The first kappa shape index (κ1) is 21.8. The maximum Gasteiger partial charge on any atom is 0.0660 e. The fraction of sp³-hybridized carbons (Fsp3) is 0.625. The lowest BCUT2D eigenvalue weighted by Gasteiger charge is -2.41. The number of hydrogen-bond acceptors (Lipinski definition) is 4. The largest absolute Gasteiger partial charge is 0.306 e. The zero-order chi connectivity index (χ0) is 20.9. The van der Waals surface area contributed by atoms with Gasteiger partial charge >= 0.3 is 0 Å². The molecule has 0 atom stereocenters. The van der Waals surface area contributed by atoms with Gasteiger partial charge in [0.2, 0.25) is 0 Å². The van der Waals surface area contributed by atoms with E-state index in [0.29, 0.717) is 0 Å². The first-order valence-corrected chi connectivity index (χ1v) is 11.9. The molecule has 0 saturated carbocycles. The zero-order valence-electron chi connectivity index (χ0n) is 18.5. The Labute approximate surface area is 186 Å². The van der Waals surface area contributed by atoms with Gasteiger partial charge in [0, 0.05) is 35.9 Å². The van der Waals surface area contributed by atoms with Gasteiger partial charge in [0.1, 0.15) is 0 Å². The van der Waals surface area contributed by atoms with Gasteiger partial charge in [-0.15, -0.1) is 0 Å². The second-order valence-corrected chi connectivity index (χ2v) is 9.55. The van der Waals surface area contributed by atoms with Crippen molar-refractivity contribution in [3.05, 3.63) is 47.2 Å². The van der Waals surface area contributed by atoms with Crippen molar-refractivity contribution < 1.29 is 0 Å². The van der Waals surface area contributed by atoms with E-state index >= 15 is 0 Å². The summed E-state index contributed by atoms with van der Waals surface area (Å²) in [5.74, 6) is 0.815. The summed E-state index contributed by atoms with van der Waals surface area (Å²) in [7, 11) is 2.25. The molecule has 0 radical (unpaired) electrons. The monoisotopic (exact) mass is 429 g/mol. The lowest BCUT2D eigenvalue weighted by Crippen LogP contribution is -2.47. The average molecular weight is 430 g/mol. The summed E-state index contributed by atoms with van der Waals surface area (Å²) in [6.07, 6.45) is 9.50. The van der Waals surface area contributed by atoms with Gasteiger partial charge < -0.3 is 9.80 Å². The molecular weight excluding hydrogens is 394 g/mol. The molecule has 2 aromatic rings. The Hall–Kier alpha value is -1.40. The molecule has 1 aromatic heterocycles. The third-order valence-corrected chi connectivity index (χ3v) is 7.17. The number of hydrogen-bond donors (Lipinski definition) is 0. The first-order valence-electron chi connectivity index (χ1n) is 11.5. The van der Waals surface area contributed by atoms with E-state index in [1.165, 1.54) is 64.0 Å². The highest BCUT2D eigenvalue weighted by atomic mass is 35.5. The van der Waals surface area contributed by atoms with E-state index in [0.717, 1.165) is 35.8 Å². The Morgan fingerprint density at radius 3 is 2.57 bits per heavy atom. The quantitative estimate of drug-likeness (QED) is 0.660. The Kier molecular flexibility index (Phi) is 7.47. The van der Waals surface area contributed by atoms with Crippen molar-refractivity contribution in [2.45, 2.75) is 45.2 Å². The molecule has 4 rings (SSSR count). The molecule has 2 saturated heterocycles. The smallest absolute Gasteiger partial charge is 0.0660 e. The minimum Gasteiger partial charge on any atom is -0.306 e. The first-order chi connectivity index (χ1) is 14.6. The predicted octanol–water partition coefficient (Wildman–Crippen LogP) is 4.15. The van der Waals surface area contributed by atoms with Crippen molar-refractivity contribution in [2.24, 2.45) is 5.92 Å². The lowest BCUT2D eigenvalue weighted by molar-refractivity contribution is 0.0746. The lowest BCUT2D eigenvalue weighted by atomic mass is 9.93. The molecule has 164 valence electrons. The Morgan fingerprint density at radius 2 is 1.87 bits per heavy atom. The Bertz CT molecular complexity index is 790. The van der Waals surface area contributed by atoms with Crippen molar-refractivity contribution in [3.63, 3.8) is 0 Å². The van der Waals surface area contributed by atoms with Crippen molar-refractivity contribution >= 4 is 11.6 Å². The normalized spacial score (nSPS) is 20.3. The molecule has 0 aliphatic carbocycles. The Morgan fingerprint density at radius 1 is 1.10 bits per heavy atom. The molecule has 30 heavy (non-hydrogen) atoms. The molecule has 2 aliphatic heterocycles. The van der Waals surface area contributed by atoms with Gasteiger partial charge in [-0.3, -0.25) is 4.90 Å². The molecule has 6 heteroatoms. The number of nitrogens with zero attached hydrogens (tertiary/aromatic N) is 5. The summed E-state index contributed by atoms with van der Waals surface area (Å²) in [5.41, 5.74) is 2.28. The van der Waals surface area contributed by atoms with Gasteiger partial charge in [0.15, 0.2) is 0 Å². The highest BCUT2D eigenvalue weighted by molar-refractivity contribution is 6.30. The van der Waals surface area contributed by atoms with Crippen LogP contribution in [0, 0.1) is 5.92 Å². The second-order valence-electron chi connectivity index (χ2n) is 9.11. The van der Waals surface area contributed by atoms with Crippen LogP contribution < -0.4 is 0 Å². The summed E-state index contributed by atoms with van der Waals surface area (Å²) >= 11 is 6.13. The summed E-state index contributed by atoms with van der Waals surface area (Å²) in [6, 6.07) is 8.68. The molecule has 0 spiro atoms. The summed E-state index contributed by atoms with van der Waals surface area (Å²) < 4.78 is 1.93. The third-order valence-electron chi connectivity index (χ3n) is 6.93. The van der Waals surface area contributed by atoms with E-state index in [-0.39, 0.29) is 0 Å². The van der Waals surface area contributed by atoms with E-state index in [9.17, 15) is 0 Å². The van der Waals surface area contributed by atoms with Gasteiger partial charge in [0.05, 0.1) is 11.9 Å². The van der Waals surface area contributed by atoms with Crippen LogP contribution in [-0.4, -0.2) is 76.8 Å². The van der Waals surface area contributed by atoms with Crippen LogP contribution in [0.2, 0.25) is 5.02 Å². The zero-order valence-corrected chi connectivity index (χ0v) is 19.3. The predicted molar refractivity (Wildman–Crippen MR) is 124 cm³/mol. The molecule has 0 amide bonds. The molecule has 0 N–H and O–H groups in total. The number of piperidine rings is 2. The molecule has 3 heterocycles. The maximum absolute atomic E-state index is 6.13. The summed E-state index contributed by atoms with van der Waals surface area (Å²) in [6.45, 7) is 10.6.